The van der Waals surface area contributed by atoms with E-state index in [2.05, 4.69) is 4.98 Å². The lowest BCUT2D eigenvalue weighted by molar-refractivity contribution is -0.385. The number of nitro groups is 1. The Balaban J connectivity index is 2.42. The van der Waals surface area contributed by atoms with Crippen LogP contribution < -0.4 is 4.74 Å². The first-order chi connectivity index (χ1) is 9.13. The van der Waals surface area contributed by atoms with E-state index < -0.39 is 4.92 Å². The first-order valence-corrected chi connectivity index (χ1v) is 6.02. The summed E-state index contributed by atoms with van der Waals surface area (Å²) in [6.07, 6.45) is 4.25. The highest BCUT2D eigenvalue weighted by Crippen LogP contribution is 2.31. The van der Waals surface area contributed by atoms with E-state index in [9.17, 15) is 10.1 Å². The molecule has 6 nitrogen and oxygen atoms in total. The monoisotopic (exact) mass is 261 g/mol. The van der Waals surface area contributed by atoms with Crippen molar-refractivity contribution in [3.63, 3.8) is 0 Å². The van der Waals surface area contributed by atoms with Crippen molar-refractivity contribution in [3.8, 4) is 17.1 Å². The fourth-order valence-electron chi connectivity index (χ4n) is 1.78. The average Bonchev–Trinajstić information content (AvgIpc) is 2.82. The molecule has 100 valence electrons. The van der Waals surface area contributed by atoms with E-state index in [1.807, 2.05) is 18.5 Å². The van der Waals surface area contributed by atoms with Crippen LogP contribution in [0.1, 0.15) is 13.3 Å². The van der Waals surface area contributed by atoms with Crippen LogP contribution in [0.3, 0.4) is 0 Å². The van der Waals surface area contributed by atoms with Gasteiger partial charge in [0.2, 0.25) is 0 Å². The fourth-order valence-corrected chi connectivity index (χ4v) is 1.78. The summed E-state index contributed by atoms with van der Waals surface area (Å²) >= 11 is 0. The number of benzene rings is 1. The number of nitro benzene ring substituents is 1. The fraction of sp³-hybridized carbons (Fsp3) is 0.308. The lowest BCUT2D eigenvalue weighted by Gasteiger charge is -2.07. The largest absolute Gasteiger partial charge is 0.487 e. The molecule has 19 heavy (non-hydrogen) atoms. The topological polar surface area (TPSA) is 70.2 Å². The number of aromatic nitrogens is 2. The van der Waals surface area contributed by atoms with Crippen LogP contribution in [0.25, 0.3) is 11.4 Å². The van der Waals surface area contributed by atoms with E-state index in [1.54, 1.807) is 24.5 Å². The Morgan fingerprint density at radius 3 is 2.84 bits per heavy atom. The Morgan fingerprint density at radius 2 is 2.26 bits per heavy atom. The number of imidazole rings is 1. The average molecular weight is 261 g/mol. The van der Waals surface area contributed by atoms with Gasteiger partial charge in [-0.1, -0.05) is 6.92 Å². The summed E-state index contributed by atoms with van der Waals surface area (Å²) in [7, 11) is 1.84. The number of hydrogen-bond donors (Lipinski definition) is 0. The van der Waals surface area contributed by atoms with Gasteiger partial charge in [0.15, 0.2) is 5.75 Å². The summed E-state index contributed by atoms with van der Waals surface area (Å²) in [5, 5.41) is 11.1. The SMILES string of the molecule is CCCOc1ccc(-c2nccn2C)cc1[N+](=O)[O-]. The van der Waals surface area contributed by atoms with Crippen molar-refractivity contribution in [3.05, 3.63) is 40.7 Å². The molecule has 1 aromatic heterocycles. The van der Waals surface area contributed by atoms with Gasteiger partial charge in [0.05, 0.1) is 11.5 Å². The summed E-state index contributed by atoms with van der Waals surface area (Å²) in [6.45, 7) is 2.41. The predicted octanol–water partition coefficient (Wildman–Crippen LogP) is 2.78. The van der Waals surface area contributed by atoms with Gasteiger partial charge in [0, 0.05) is 31.1 Å². The Bertz CT molecular complexity index is 593. The molecule has 1 aromatic carbocycles. The standard InChI is InChI=1S/C13H15N3O3/c1-3-8-19-12-5-4-10(9-11(12)16(17)18)13-14-6-7-15(13)2/h4-7,9H,3,8H2,1-2H3. The zero-order valence-electron chi connectivity index (χ0n) is 10.9. The zero-order chi connectivity index (χ0) is 13.8. The molecule has 0 aliphatic rings. The molecule has 1 heterocycles. The van der Waals surface area contributed by atoms with Crippen LogP contribution in [-0.4, -0.2) is 21.1 Å². The molecular weight excluding hydrogens is 246 g/mol. The van der Waals surface area contributed by atoms with Gasteiger partial charge in [-0.05, 0) is 18.6 Å². The van der Waals surface area contributed by atoms with Gasteiger partial charge in [0.25, 0.3) is 0 Å². The summed E-state index contributed by atoms with van der Waals surface area (Å²) in [4.78, 5) is 14.8. The van der Waals surface area contributed by atoms with Gasteiger partial charge in [-0.2, -0.15) is 0 Å². The molecular formula is C13H15N3O3. The van der Waals surface area contributed by atoms with Crippen LogP contribution in [0, 0.1) is 10.1 Å². The summed E-state index contributed by atoms with van der Waals surface area (Å²) in [5.41, 5.74) is 0.664. The van der Waals surface area contributed by atoms with Crippen molar-refractivity contribution in [2.75, 3.05) is 6.61 Å². The molecule has 0 saturated carbocycles. The number of aryl methyl sites for hydroxylation is 1. The van der Waals surface area contributed by atoms with Crippen LogP contribution in [0.15, 0.2) is 30.6 Å². The molecule has 0 aliphatic heterocycles. The molecule has 0 N–H and O–H groups in total. The Labute approximate surface area is 110 Å². The van der Waals surface area contributed by atoms with Gasteiger partial charge >= 0.3 is 5.69 Å². The molecule has 0 saturated heterocycles. The first kappa shape index (κ1) is 13.1. The van der Waals surface area contributed by atoms with Gasteiger partial charge in [0.1, 0.15) is 5.82 Å². The van der Waals surface area contributed by atoms with E-state index in [-0.39, 0.29) is 5.69 Å². The molecule has 2 rings (SSSR count). The third-order valence-corrected chi connectivity index (χ3v) is 2.70. The van der Waals surface area contributed by atoms with Crippen molar-refractivity contribution in [1.82, 2.24) is 9.55 Å². The second kappa shape index (κ2) is 5.51. The lowest BCUT2D eigenvalue weighted by atomic mass is 10.1. The maximum absolute atomic E-state index is 11.1. The minimum absolute atomic E-state index is 0.0334. The van der Waals surface area contributed by atoms with Crippen molar-refractivity contribution in [2.45, 2.75) is 13.3 Å². The number of ether oxygens (including phenoxy) is 1. The van der Waals surface area contributed by atoms with E-state index >= 15 is 0 Å². The third kappa shape index (κ3) is 2.73. The normalized spacial score (nSPS) is 10.4. The van der Waals surface area contributed by atoms with E-state index in [4.69, 9.17) is 4.74 Å². The lowest BCUT2D eigenvalue weighted by Crippen LogP contribution is -2.00. The van der Waals surface area contributed by atoms with Crippen molar-refractivity contribution < 1.29 is 9.66 Å². The Kier molecular flexibility index (Phi) is 3.79. The maximum Gasteiger partial charge on any atom is 0.311 e. The smallest absolute Gasteiger partial charge is 0.311 e. The molecule has 0 aliphatic carbocycles. The van der Waals surface area contributed by atoms with Crippen LogP contribution in [-0.2, 0) is 7.05 Å². The van der Waals surface area contributed by atoms with Gasteiger partial charge in [-0.25, -0.2) is 4.98 Å². The van der Waals surface area contributed by atoms with Gasteiger partial charge in [-0.3, -0.25) is 10.1 Å². The summed E-state index contributed by atoms with van der Waals surface area (Å²) < 4.78 is 7.19. The molecule has 0 atom stereocenters. The molecule has 0 fully saturated rings. The maximum atomic E-state index is 11.1. The molecule has 2 aromatic rings. The summed E-state index contributed by atoms with van der Waals surface area (Å²) in [6, 6.07) is 4.89. The molecule has 0 unspecified atom stereocenters. The van der Waals surface area contributed by atoms with Crippen LogP contribution in [0.5, 0.6) is 5.75 Å². The highest BCUT2D eigenvalue weighted by Gasteiger charge is 2.17. The van der Waals surface area contributed by atoms with Crippen LogP contribution >= 0.6 is 0 Å². The number of nitrogens with zero attached hydrogens (tertiary/aromatic N) is 3. The first-order valence-electron chi connectivity index (χ1n) is 6.02. The van der Waals surface area contributed by atoms with Crippen LogP contribution in [0.4, 0.5) is 5.69 Å². The molecule has 0 bridgehead atoms. The Morgan fingerprint density at radius 1 is 1.47 bits per heavy atom. The van der Waals surface area contributed by atoms with E-state index in [0.29, 0.717) is 23.7 Å². The van der Waals surface area contributed by atoms with Gasteiger partial charge < -0.3 is 9.30 Å². The van der Waals surface area contributed by atoms with Crippen molar-refractivity contribution in [1.29, 1.82) is 0 Å². The quantitative estimate of drug-likeness (QED) is 0.613. The molecule has 0 amide bonds. The Hall–Kier alpha value is -2.37. The zero-order valence-corrected chi connectivity index (χ0v) is 10.9. The van der Waals surface area contributed by atoms with Crippen LogP contribution in [0.2, 0.25) is 0 Å². The predicted molar refractivity (Wildman–Crippen MR) is 71.1 cm³/mol. The highest BCUT2D eigenvalue weighted by atomic mass is 16.6. The van der Waals surface area contributed by atoms with E-state index in [0.717, 1.165) is 6.42 Å². The van der Waals surface area contributed by atoms with Crippen molar-refractivity contribution in [2.24, 2.45) is 7.05 Å². The minimum Gasteiger partial charge on any atom is -0.487 e. The second-order valence-electron chi connectivity index (χ2n) is 4.15. The van der Waals surface area contributed by atoms with E-state index in [1.165, 1.54) is 6.07 Å². The second-order valence-corrected chi connectivity index (χ2v) is 4.15. The number of rotatable bonds is 5. The van der Waals surface area contributed by atoms with Crippen molar-refractivity contribution >= 4 is 5.69 Å². The third-order valence-electron chi connectivity index (χ3n) is 2.70. The molecule has 0 radical (unpaired) electrons. The minimum atomic E-state index is -0.433. The number of hydrogen-bond acceptors (Lipinski definition) is 4. The highest BCUT2D eigenvalue weighted by molar-refractivity contribution is 5.64. The van der Waals surface area contributed by atoms with Gasteiger partial charge in [-0.15, -0.1) is 0 Å². The molecule has 6 heteroatoms. The molecule has 0 spiro atoms. The summed E-state index contributed by atoms with van der Waals surface area (Å²) in [5.74, 6) is 0.981.